The molecule has 0 fully saturated rings. The topological polar surface area (TPSA) is 42.7 Å². The number of nitrogens with zero attached hydrogens (tertiary/aromatic N) is 3. The van der Waals surface area contributed by atoms with E-state index in [2.05, 4.69) is 15.6 Å². The van der Waals surface area contributed by atoms with E-state index in [1.807, 2.05) is 24.3 Å². The SMILES string of the molecule is CNc1cccc(F)c1-n1cc(-c2ccccc2Sc2ccc(C(F)(F)F)cc2)nn1. The van der Waals surface area contributed by atoms with Gasteiger partial charge in [-0.1, -0.05) is 41.2 Å². The van der Waals surface area contributed by atoms with E-state index in [9.17, 15) is 17.6 Å². The van der Waals surface area contributed by atoms with Crippen molar-refractivity contribution in [1.82, 2.24) is 15.0 Å². The quantitative estimate of drug-likeness (QED) is 0.368. The molecule has 0 aliphatic carbocycles. The molecule has 9 heteroatoms. The summed E-state index contributed by atoms with van der Waals surface area (Å²) in [5.74, 6) is -0.448. The normalized spacial score (nSPS) is 11.5. The minimum absolute atomic E-state index is 0.247. The van der Waals surface area contributed by atoms with Gasteiger partial charge in [-0.3, -0.25) is 0 Å². The zero-order valence-corrected chi connectivity index (χ0v) is 17.0. The van der Waals surface area contributed by atoms with Gasteiger partial charge in [0.25, 0.3) is 0 Å². The lowest BCUT2D eigenvalue weighted by molar-refractivity contribution is -0.137. The highest BCUT2D eigenvalue weighted by molar-refractivity contribution is 7.99. The molecule has 1 N–H and O–H groups in total. The Morgan fingerprint density at radius 2 is 1.68 bits per heavy atom. The van der Waals surface area contributed by atoms with E-state index in [0.717, 1.165) is 22.6 Å². The van der Waals surface area contributed by atoms with Crippen LogP contribution in [0.4, 0.5) is 23.2 Å². The molecule has 4 nitrogen and oxygen atoms in total. The molecule has 0 spiro atoms. The summed E-state index contributed by atoms with van der Waals surface area (Å²) in [4.78, 5) is 1.44. The second-order valence-electron chi connectivity index (χ2n) is 6.55. The molecule has 31 heavy (non-hydrogen) atoms. The molecule has 158 valence electrons. The second-order valence-corrected chi connectivity index (χ2v) is 7.67. The molecule has 0 saturated heterocycles. The van der Waals surface area contributed by atoms with Crippen LogP contribution in [0.3, 0.4) is 0 Å². The predicted octanol–water partition coefficient (Wildman–Crippen LogP) is 6.29. The minimum Gasteiger partial charge on any atom is -0.386 e. The van der Waals surface area contributed by atoms with Gasteiger partial charge in [0, 0.05) is 22.4 Å². The molecule has 0 atom stereocenters. The summed E-state index contributed by atoms with van der Waals surface area (Å²) in [5, 5.41) is 11.2. The summed E-state index contributed by atoms with van der Waals surface area (Å²) in [6.07, 6.45) is -2.76. The van der Waals surface area contributed by atoms with E-state index in [1.165, 1.54) is 34.6 Å². The third-order valence-electron chi connectivity index (χ3n) is 4.55. The lowest BCUT2D eigenvalue weighted by Gasteiger charge is -2.10. The maximum atomic E-state index is 14.4. The van der Waals surface area contributed by atoms with Crippen LogP contribution in [-0.2, 0) is 6.18 Å². The lowest BCUT2D eigenvalue weighted by Crippen LogP contribution is -2.03. The third-order valence-corrected chi connectivity index (χ3v) is 5.63. The molecule has 4 rings (SSSR count). The highest BCUT2D eigenvalue weighted by Crippen LogP contribution is 2.37. The Balaban J connectivity index is 1.66. The van der Waals surface area contributed by atoms with Crippen LogP contribution in [0.2, 0.25) is 0 Å². The van der Waals surface area contributed by atoms with Crippen molar-refractivity contribution in [2.45, 2.75) is 16.0 Å². The van der Waals surface area contributed by atoms with Gasteiger partial charge in [0.1, 0.15) is 11.4 Å². The number of rotatable bonds is 5. The number of para-hydroxylation sites is 1. The average Bonchev–Trinajstić information content (AvgIpc) is 3.23. The Labute approximate surface area is 179 Å². The van der Waals surface area contributed by atoms with Gasteiger partial charge in [0.2, 0.25) is 0 Å². The molecule has 0 aliphatic heterocycles. The maximum absolute atomic E-state index is 14.4. The first-order valence-corrected chi connectivity index (χ1v) is 10.0. The summed E-state index contributed by atoms with van der Waals surface area (Å²) in [6, 6.07) is 17.0. The van der Waals surface area contributed by atoms with E-state index in [0.29, 0.717) is 16.3 Å². The van der Waals surface area contributed by atoms with Crippen LogP contribution in [0.5, 0.6) is 0 Å². The molecule has 3 aromatic carbocycles. The standard InChI is InChI=1S/C22H16F4N4S/c1-27-18-7-4-6-17(23)21(18)30-13-19(28-29-30)16-5-2-3-8-20(16)31-15-11-9-14(10-12-15)22(24,25)26/h2-13,27H,1H3. The number of hydrogen-bond acceptors (Lipinski definition) is 4. The highest BCUT2D eigenvalue weighted by atomic mass is 32.2. The fourth-order valence-electron chi connectivity index (χ4n) is 3.05. The third kappa shape index (κ3) is 4.41. The number of nitrogens with one attached hydrogen (secondary N) is 1. The van der Waals surface area contributed by atoms with E-state index in [4.69, 9.17) is 0 Å². The van der Waals surface area contributed by atoms with Crippen molar-refractivity contribution in [3.8, 4) is 16.9 Å². The van der Waals surface area contributed by atoms with E-state index < -0.39 is 17.6 Å². The summed E-state index contributed by atoms with van der Waals surface area (Å²) >= 11 is 1.31. The monoisotopic (exact) mass is 444 g/mol. The van der Waals surface area contributed by atoms with Gasteiger partial charge in [-0.05, 0) is 42.5 Å². The zero-order chi connectivity index (χ0) is 22.0. The van der Waals surface area contributed by atoms with Crippen LogP contribution in [0.15, 0.2) is 82.7 Å². The first-order valence-electron chi connectivity index (χ1n) is 9.20. The number of hydrogen-bond donors (Lipinski definition) is 1. The van der Waals surface area contributed by atoms with Crippen LogP contribution in [-0.4, -0.2) is 22.0 Å². The summed E-state index contributed by atoms with van der Waals surface area (Å²) < 4.78 is 54.2. The summed E-state index contributed by atoms with van der Waals surface area (Å²) in [6.45, 7) is 0. The van der Waals surface area contributed by atoms with Crippen molar-refractivity contribution in [2.24, 2.45) is 0 Å². The number of halogens is 4. The van der Waals surface area contributed by atoms with Gasteiger partial charge >= 0.3 is 6.18 Å². The second kappa shape index (κ2) is 8.43. The van der Waals surface area contributed by atoms with E-state index in [1.54, 1.807) is 25.4 Å². The summed E-state index contributed by atoms with van der Waals surface area (Å²) in [5.41, 5.74) is 1.36. The number of benzene rings is 3. The molecular weight excluding hydrogens is 428 g/mol. The Bertz CT molecular complexity index is 1200. The largest absolute Gasteiger partial charge is 0.416 e. The smallest absolute Gasteiger partial charge is 0.386 e. The Hall–Kier alpha value is -3.33. The first-order chi connectivity index (χ1) is 14.9. The Morgan fingerprint density at radius 3 is 2.39 bits per heavy atom. The molecule has 4 aromatic rings. The first kappa shape index (κ1) is 20.9. The van der Waals surface area contributed by atoms with Crippen molar-refractivity contribution < 1.29 is 17.6 Å². The van der Waals surface area contributed by atoms with Crippen molar-refractivity contribution in [2.75, 3.05) is 12.4 Å². The van der Waals surface area contributed by atoms with Crippen LogP contribution in [0, 0.1) is 5.82 Å². The average molecular weight is 444 g/mol. The van der Waals surface area contributed by atoms with Crippen molar-refractivity contribution in [3.05, 3.63) is 84.3 Å². The molecule has 1 aromatic heterocycles. The van der Waals surface area contributed by atoms with Crippen LogP contribution in [0.1, 0.15) is 5.56 Å². The fourth-order valence-corrected chi connectivity index (χ4v) is 4.01. The molecule has 0 bridgehead atoms. The molecule has 0 unspecified atom stereocenters. The summed E-state index contributed by atoms with van der Waals surface area (Å²) in [7, 11) is 1.69. The molecule has 0 amide bonds. The minimum atomic E-state index is -4.38. The number of aromatic nitrogens is 3. The van der Waals surface area contributed by atoms with Crippen LogP contribution in [0.25, 0.3) is 16.9 Å². The highest BCUT2D eigenvalue weighted by Gasteiger charge is 2.30. The van der Waals surface area contributed by atoms with Gasteiger partial charge in [0.15, 0.2) is 5.82 Å². The van der Waals surface area contributed by atoms with E-state index in [-0.39, 0.29) is 5.69 Å². The van der Waals surface area contributed by atoms with Gasteiger partial charge in [-0.15, -0.1) is 5.10 Å². The van der Waals surface area contributed by atoms with Crippen LogP contribution >= 0.6 is 11.8 Å². The van der Waals surface area contributed by atoms with Crippen molar-refractivity contribution >= 4 is 17.4 Å². The predicted molar refractivity (Wildman–Crippen MR) is 112 cm³/mol. The fraction of sp³-hybridized carbons (Fsp3) is 0.0909. The Morgan fingerprint density at radius 1 is 0.935 bits per heavy atom. The zero-order valence-electron chi connectivity index (χ0n) is 16.2. The van der Waals surface area contributed by atoms with Crippen molar-refractivity contribution in [1.29, 1.82) is 0 Å². The van der Waals surface area contributed by atoms with Gasteiger partial charge in [-0.25, -0.2) is 9.07 Å². The van der Waals surface area contributed by atoms with Gasteiger partial charge in [0.05, 0.1) is 17.4 Å². The van der Waals surface area contributed by atoms with Gasteiger partial charge < -0.3 is 5.32 Å². The molecular formula is C22H16F4N4S. The molecule has 0 saturated carbocycles. The number of anilines is 1. The maximum Gasteiger partial charge on any atom is 0.416 e. The molecule has 0 aliphatic rings. The number of alkyl halides is 3. The van der Waals surface area contributed by atoms with Crippen molar-refractivity contribution in [3.63, 3.8) is 0 Å². The molecule has 0 radical (unpaired) electrons. The van der Waals surface area contributed by atoms with Gasteiger partial charge in [-0.2, -0.15) is 13.2 Å². The Kier molecular flexibility index (Phi) is 5.69. The molecule has 1 heterocycles. The van der Waals surface area contributed by atoms with E-state index >= 15 is 0 Å². The lowest BCUT2D eigenvalue weighted by atomic mass is 10.2. The van der Waals surface area contributed by atoms with Crippen LogP contribution < -0.4 is 5.32 Å².